The number of rotatable bonds is 2. The lowest BCUT2D eigenvalue weighted by Gasteiger charge is -2.36. The van der Waals surface area contributed by atoms with Crippen molar-refractivity contribution in [1.29, 1.82) is 0 Å². The highest BCUT2D eigenvalue weighted by molar-refractivity contribution is 9.10. The van der Waals surface area contributed by atoms with Gasteiger partial charge >= 0.3 is 0 Å². The molecule has 0 aromatic carbocycles. The number of carbonyl (C=O) groups is 1. The summed E-state index contributed by atoms with van der Waals surface area (Å²) in [5.41, 5.74) is 0. The van der Waals surface area contributed by atoms with Crippen LogP contribution in [-0.2, 0) is 14.8 Å². The Hall–Kier alpha value is -0.140. The van der Waals surface area contributed by atoms with Gasteiger partial charge in [0.1, 0.15) is 4.66 Å². The number of carbonyl (C=O) groups excluding carboxylic acids is 1. The number of hydrogen-bond donors (Lipinski definition) is 0. The van der Waals surface area contributed by atoms with Crippen molar-refractivity contribution in [2.75, 3.05) is 24.3 Å². The first-order valence-corrected chi connectivity index (χ1v) is 7.61. The summed E-state index contributed by atoms with van der Waals surface area (Å²) in [6.07, 6.45) is 1.35. The summed E-state index contributed by atoms with van der Waals surface area (Å²) in [4.78, 5) is 13.2. The zero-order valence-electron chi connectivity index (χ0n) is 8.23. The fourth-order valence-electron chi connectivity index (χ4n) is 2.16. The van der Waals surface area contributed by atoms with Crippen LogP contribution in [0, 0.1) is 0 Å². The largest absolute Gasteiger partial charge is 0.337 e. The molecule has 0 aromatic heterocycles. The molecule has 2 fully saturated rings. The van der Waals surface area contributed by atoms with E-state index in [4.69, 9.17) is 0 Å². The maximum atomic E-state index is 11.6. The molecule has 1 amide bonds. The van der Waals surface area contributed by atoms with Crippen molar-refractivity contribution >= 4 is 31.9 Å². The number of amides is 1. The molecule has 15 heavy (non-hydrogen) atoms. The third-order valence-corrected chi connectivity index (χ3v) is 6.12. The van der Waals surface area contributed by atoms with Gasteiger partial charge in [-0.25, -0.2) is 8.42 Å². The first kappa shape index (κ1) is 11.3. The Morgan fingerprint density at radius 2 is 2.13 bits per heavy atom. The second-order valence-electron chi connectivity index (χ2n) is 3.86. The van der Waals surface area contributed by atoms with Gasteiger partial charge in [-0.15, -0.1) is 0 Å². The number of halogens is 1. The van der Waals surface area contributed by atoms with E-state index in [1.807, 2.05) is 0 Å². The van der Waals surface area contributed by atoms with Crippen LogP contribution in [0.15, 0.2) is 0 Å². The fraction of sp³-hybridized carbons (Fsp3) is 0.875. The second-order valence-corrected chi connectivity index (χ2v) is 7.13. The molecule has 1 atom stereocenters. The van der Waals surface area contributed by atoms with Gasteiger partial charge in [0.05, 0.1) is 0 Å². The minimum absolute atomic E-state index is 0.0410. The van der Waals surface area contributed by atoms with Crippen LogP contribution in [0.25, 0.3) is 0 Å². The molecule has 1 unspecified atom stereocenters. The van der Waals surface area contributed by atoms with Crippen LogP contribution in [0.3, 0.4) is 0 Å². The van der Waals surface area contributed by atoms with E-state index in [-0.39, 0.29) is 16.6 Å². The predicted octanol–water partition coefficient (Wildman–Crippen LogP) is -0.0248. The lowest BCUT2D eigenvalue weighted by atomic mass is 10.2. The normalized spacial score (nSPS) is 28.2. The van der Waals surface area contributed by atoms with Crippen molar-refractivity contribution in [2.45, 2.75) is 18.9 Å². The highest BCUT2D eigenvalue weighted by Gasteiger charge is 2.38. The Kier molecular flexibility index (Phi) is 3.05. The van der Waals surface area contributed by atoms with Gasteiger partial charge in [-0.05, 0) is 6.42 Å². The first-order valence-electron chi connectivity index (χ1n) is 4.88. The molecular formula is C8H13BrN2O3S. The average molecular weight is 297 g/mol. The second kappa shape index (κ2) is 4.03. The van der Waals surface area contributed by atoms with E-state index in [1.165, 1.54) is 4.31 Å². The summed E-state index contributed by atoms with van der Waals surface area (Å²) in [5.74, 6) is 0.163. The quantitative estimate of drug-likeness (QED) is 0.673. The Bertz CT molecular complexity index is 370. The Labute approximate surface area is 97.6 Å². The van der Waals surface area contributed by atoms with Crippen LogP contribution in [0.4, 0.5) is 0 Å². The van der Waals surface area contributed by atoms with Gasteiger partial charge in [0.2, 0.25) is 15.9 Å². The average Bonchev–Trinajstić information content (AvgIpc) is 2.60. The first-order chi connectivity index (χ1) is 7.04. The molecule has 86 valence electrons. The summed E-state index contributed by atoms with van der Waals surface area (Å²) in [6, 6.07) is 0.0973. The number of alkyl halides is 1. The van der Waals surface area contributed by atoms with Gasteiger partial charge in [-0.3, -0.25) is 4.79 Å². The van der Waals surface area contributed by atoms with Crippen LogP contribution in [0.2, 0.25) is 0 Å². The molecule has 0 aliphatic carbocycles. The van der Waals surface area contributed by atoms with Gasteiger partial charge in [0.25, 0.3) is 0 Å². The van der Waals surface area contributed by atoms with Crippen LogP contribution in [-0.4, -0.2) is 53.9 Å². The number of nitrogens with zero attached hydrogens (tertiary/aromatic N) is 2. The zero-order valence-corrected chi connectivity index (χ0v) is 10.6. The number of sulfonamides is 1. The third-order valence-electron chi connectivity index (χ3n) is 2.99. The standard InChI is InChI=1S/C8H13BrN2O3S/c9-6-15(13,14)10-3-4-11-7(5-10)1-2-8(11)12/h7H,1-6H2. The number of fused-ring (bicyclic) bond motifs is 1. The van der Waals surface area contributed by atoms with Crippen molar-refractivity contribution in [1.82, 2.24) is 9.21 Å². The summed E-state index contributed by atoms with van der Waals surface area (Å²) >= 11 is 2.98. The van der Waals surface area contributed by atoms with Crippen molar-refractivity contribution < 1.29 is 13.2 Å². The summed E-state index contributed by atoms with van der Waals surface area (Å²) < 4.78 is 24.6. The van der Waals surface area contributed by atoms with E-state index in [0.29, 0.717) is 26.1 Å². The lowest BCUT2D eigenvalue weighted by Crippen LogP contribution is -2.53. The number of piperazine rings is 1. The highest BCUT2D eigenvalue weighted by atomic mass is 79.9. The Balaban J connectivity index is 2.09. The number of hydrogen-bond acceptors (Lipinski definition) is 3. The summed E-state index contributed by atoms with van der Waals surface area (Å²) in [5, 5.41) is 0. The van der Waals surface area contributed by atoms with E-state index < -0.39 is 10.0 Å². The molecule has 2 rings (SSSR count). The fourth-order valence-corrected chi connectivity index (χ4v) is 3.92. The maximum absolute atomic E-state index is 11.6. The molecule has 0 radical (unpaired) electrons. The van der Waals surface area contributed by atoms with Crippen LogP contribution in [0.1, 0.15) is 12.8 Å². The molecule has 2 aliphatic heterocycles. The Morgan fingerprint density at radius 3 is 2.80 bits per heavy atom. The minimum atomic E-state index is -3.17. The maximum Gasteiger partial charge on any atom is 0.224 e. The lowest BCUT2D eigenvalue weighted by molar-refractivity contribution is -0.130. The van der Waals surface area contributed by atoms with E-state index in [9.17, 15) is 13.2 Å². The van der Waals surface area contributed by atoms with Crippen molar-refractivity contribution in [3.8, 4) is 0 Å². The molecule has 2 heterocycles. The predicted molar refractivity (Wildman–Crippen MR) is 59.0 cm³/mol. The molecule has 0 aromatic rings. The Morgan fingerprint density at radius 1 is 1.40 bits per heavy atom. The van der Waals surface area contributed by atoms with Crippen molar-refractivity contribution in [3.05, 3.63) is 0 Å². The van der Waals surface area contributed by atoms with E-state index in [0.717, 1.165) is 6.42 Å². The molecular weight excluding hydrogens is 284 g/mol. The SMILES string of the molecule is O=C1CCC2CN(S(=O)(=O)CBr)CCN12. The molecule has 2 saturated heterocycles. The summed E-state index contributed by atoms with van der Waals surface area (Å²) in [7, 11) is -3.17. The van der Waals surface area contributed by atoms with E-state index in [1.54, 1.807) is 4.90 Å². The van der Waals surface area contributed by atoms with Crippen LogP contribution in [0.5, 0.6) is 0 Å². The van der Waals surface area contributed by atoms with Crippen LogP contribution >= 0.6 is 15.9 Å². The van der Waals surface area contributed by atoms with Crippen LogP contribution < -0.4 is 0 Å². The van der Waals surface area contributed by atoms with Gasteiger partial charge in [0.15, 0.2) is 0 Å². The highest BCUT2D eigenvalue weighted by Crippen LogP contribution is 2.24. The van der Waals surface area contributed by atoms with Gasteiger partial charge in [-0.1, -0.05) is 15.9 Å². The molecule has 0 spiro atoms. The molecule has 5 nitrogen and oxygen atoms in total. The van der Waals surface area contributed by atoms with Crippen molar-refractivity contribution in [3.63, 3.8) is 0 Å². The molecule has 7 heteroatoms. The third kappa shape index (κ3) is 2.05. The van der Waals surface area contributed by atoms with Crippen molar-refractivity contribution in [2.24, 2.45) is 0 Å². The molecule has 2 aliphatic rings. The summed E-state index contributed by atoms with van der Waals surface area (Å²) in [6.45, 7) is 1.42. The van der Waals surface area contributed by atoms with E-state index >= 15 is 0 Å². The smallest absolute Gasteiger partial charge is 0.224 e. The minimum Gasteiger partial charge on any atom is -0.337 e. The van der Waals surface area contributed by atoms with Gasteiger partial charge in [-0.2, -0.15) is 4.31 Å². The molecule has 0 saturated carbocycles. The molecule has 0 N–H and O–H groups in total. The zero-order chi connectivity index (χ0) is 11.1. The molecule has 0 bridgehead atoms. The topological polar surface area (TPSA) is 57.7 Å². The monoisotopic (exact) mass is 296 g/mol. The van der Waals surface area contributed by atoms with E-state index in [2.05, 4.69) is 15.9 Å². The van der Waals surface area contributed by atoms with Gasteiger partial charge < -0.3 is 4.90 Å². The van der Waals surface area contributed by atoms with Gasteiger partial charge in [0, 0.05) is 32.1 Å².